The summed E-state index contributed by atoms with van der Waals surface area (Å²) in [5.74, 6) is -7.03. The number of nitrogens with one attached hydrogen (secondary N) is 5. The third-order valence-electron chi connectivity index (χ3n) is 11.3. The average Bonchev–Trinajstić information content (AvgIpc) is 3.73. The van der Waals surface area contributed by atoms with Crippen LogP contribution in [0, 0.1) is 11.2 Å². The molecule has 0 bridgehead atoms. The van der Waals surface area contributed by atoms with Gasteiger partial charge < -0.3 is 46.3 Å². The number of carboxylic acid groups (broad SMARTS) is 2. The van der Waals surface area contributed by atoms with E-state index in [-0.39, 0.29) is 44.5 Å². The Kier molecular flexibility index (Phi) is 18.7. The second kappa shape index (κ2) is 23.0. The Morgan fingerprint density at radius 1 is 0.846 bits per heavy atom. The van der Waals surface area contributed by atoms with Gasteiger partial charge in [0.2, 0.25) is 29.5 Å². The van der Waals surface area contributed by atoms with Gasteiger partial charge in [-0.3, -0.25) is 38.5 Å². The third kappa shape index (κ3) is 14.5. The summed E-state index contributed by atoms with van der Waals surface area (Å²) < 4.78 is 16.2. The van der Waals surface area contributed by atoms with Crippen molar-refractivity contribution in [3.8, 4) is 0 Å². The Morgan fingerprint density at radius 2 is 1.46 bits per heavy atom. The summed E-state index contributed by atoms with van der Waals surface area (Å²) in [6.45, 7) is 10.5. The molecule has 2 aromatic rings. The molecule has 1 aromatic carbocycles. The highest BCUT2D eigenvalue weighted by atomic mass is 19.1. The number of halogens is 1. The Morgan fingerprint density at radius 3 is 2.05 bits per heavy atom. The van der Waals surface area contributed by atoms with E-state index in [0.29, 0.717) is 18.2 Å². The molecule has 1 aliphatic rings. The number of likely N-dealkylation sites (N-methyl/N-ethyl adjacent to an activating group) is 2. The molecule has 7 N–H and O–H groups in total. The van der Waals surface area contributed by atoms with Crippen LogP contribution in [0.5, 0.6) is 0 Å². The maximum atomic E-state index is 14.3. The Balaban J connectivity index is 1.52. The van der Waals surface area contributed by atoms with Gasteiger partial charge in [0.1, 0.15) is 23.9 Å². The molecule has 20 heteroatoms. The summed E-state index contributed by atoms with van der Waals surface area (Å²) in [7, 11) is 4.95. The SMILES string of the molecule is CN[C@H](C(=O)NC(C(=O)N(C)C/C=C(\C)C(=O)N[C@H](CCC(=O)N[C@@H](CCCCNC(=O)CCN1C(=O)C=CC1=O)C(=O)O)C(=O)O)C(C)(C)C)C(C)(C)c1cn(C)c2ccc(F)cc12. The number of aromatic nitrogens is 1. The number of carboxylic acids is 2. The van der Waals surface area contributed by atoms with Crippen LogP contribution in [0.25, 0.3) is 10.9 Å². The van der Waals surface area contributed by atoms with E-state index >= 15 is 0 Å². The van der Waals surface area contributed by atoms with Crippen molar-refractivity contribution in [2.24, 2.45) is 12.5 Å². The molecule has 1 aliphatic heterocycles. The van der Waals surface area contributed by atoms with Gasteiger partial charge in [-0.15, -0.1) is 0 Å². The van der Waals surface area contributed by atoms with E-state index in [1.807, 2.05) is 31.7 Å². The van der Waals surface area contributed by atoms with Crippen molar-refractivity contribution < 1.29 is 57.8 Å². The number of carbonyl (C=O) groups excluding carboxylic acids is 7. The first-order valence-corrected chi connectivity index (χ1v) is 21.3. The number of amides is 7. The van der Waals surface area contributed by atoms with Crippen molar-refractivity contribution in [3.63, 3.8) is 0 Å². The van der Waals surface area contributed by atoms with Crippen molar-refractivity contribution in [1.82, 2.24) is 41.0 Å². The molecule has 7 amide bonds. The number of fused-ring (bicyclic) bond motifs is 1. The first kappa shape index (κ1) is 52.9. The third-order valence-corrected chi connectivity index (χ3v) is 11.3. The summed E-state index contributed by atoms with van der Waals surface area (Å²) in [5, 5.41) is 33.4. The molecule has 0 radical (unpaired) electrons. The second-order valence-corrected chi connectivity index (χ2v) is 17.8. The van der Waals surface area contributed by atoms with Crippen molar-refractivity contribution in [2.45, 2.75) is 110 Å². The number of carbonyl (C=O) groups is 9. The van der Waals surface area contributed by atoms with Gasteiger partial charge in [-0.1, -0.05) is 40.7 Å². The fourth-order valence-corrected chi connectivity index (χ4v) is 7.39. The minimum atomic E-state index is -1.52. The first-order valence-electron chi connectivity index (χ1n) is 21.3. The van der Waals surface area contributed by atoms with Crippen LogP contribution in [-0.2, 0) is 55.6 Å². The van der Waals surface area contributed by atoms with Crippen LogP contribution in [-0.4, -0.2) is 136 Å². The molecule has 19 nitrogen and oxygen atoms in total. The summed E-state index contributed by atoms with van der Waals surface area (Å²) in [6.07, 6.45) is 5.27. The van der Waals surface area contributed by atoms with Crippen LogP contribution in [0.4, 0.5) is 4.39 Å². The molecule has 0 aliphatic carbocycles. The monoisotopic (exact) mass is 910 g/mol. The number of nitrogens with zero attached hydrogens (tertiary/aromatic N) is 3. The van der Waals surface area contributed by atoms with Crippen molar-refractivity contribution in [2.75, 3.05) is 33.7 Å². The van der Waals surface area contributed by atoms with Crippen molar-refractivity contribution >= 4 is 64.2 Å². The normalized spacial score (nSPS) is 15.0. The number of hydrogen-bond acceptors (Lipinski definition) is 10. The zero-order chi connectivity index (χ0) is 49.0. The number of benzene rings is 1. The molecule has 2 heterocycles. The first-order chi connectivity index (χ1) is 30.3. The molecule has 0 saturated carbocycles. The lowest BCUT2D eigenvalue weighted by Crippen LogP contribution is -2.60. The molecular weight excluding hydrogens is 848 g/mol. The van der Waals surface area contributed by atoms with E-state index in [9.17, 15) is 57.8 Å². The van der Waals surface area contributed by atoms with Gasteiger partial charge in [-0.2, -0.15) is 0 Å². The highest BCUT2D eigenvalue weighted by Gasteiger charge is 2.42. The predicted molar refractivity (Wildman–Crippen MR) is 237 cm³/mol. The molecule has 0 saturated heterocycles. The second-order valence-electron chi connectivity index (χ2n) is 17.8. The fraction of sp³-hybridized carbons (Fsp3) is 0.533. The lowest BCUT2D eigenvalue weighted by atomic mass is 9.76. The van der Waals surface area contributed by atoms with Gasteiger partial charge in [0.15, 0.2) is 0 Å². The number of aliphatic carboxylic acids is 2. The highest BCUT2D eigenvalue weighted by Crippen LogP contribution is 2.35. The van der Waals surface area contributed by atoms with Gasteiger partial charge in [-0.25, -0.2) is 14.0 Å². The van der Waals surface area contributed by atoms with E-state index in [1.165, 1.54) is 37.1 Å². The molecule has 65 heavy (non-hydrogen) atoms. The number of unbranched alkanes of at least 4 members (excludes halogenated alkanes) is 1. The Labute approximate surface area is 377 Å². The zero-order valence-electron chi connectivity index (χ0n) is 38.5. The molecule has 0 spiro atoms. The van der Waals surface area contributed by atoms with Crippen LogP contribution >= 0.6 is 0 Å². The molecule has 0 fully saturated rings. The van der Waals surface area contributed by atoms with Gasteiger partial charge >= 0.3 is 11.9 Å². The zero-order valence-corrected chi connectivity index (χ0v) is 38.5. The van der Waals surface area contributed by atoms with Crippen LogP contribution in [0.1, 0.15) is 85.6 Å². The lowest BCUT2D eigenvalue weighted by molar-refractivity contribution is -0.143. The minimum Gasteiger partial charge on any atom is -0.480 e. The number of rotatable bonds is 24. The lowest BCUT2D eigenvalue weighted by Gasteiger charge is -2.38. The average molecular weight is 911 g/mol. The van der Waals surface area contributed by atoms with Crippen LogP contribution in [0.3, 0.4) is 0 Å². The summed E-state index contributed by atoms with van der Waals surface area (Å²) in [6, 6.07) is -0.218. The van der Waals surface area contributed by atoms with Crippen molar-refractivity contribution in [3.05, 3.63) is 59.6 Å². The van der Waals surface area contributed by atoms with Gasteiger partial charge in [0.05, 0.1) is 6.04 Å². The highest BCUT2D eigenvalue weighted by molar-refractivity contribution is 6.13. The van der Waals surface area contributed by atoms with E-state index in [2.05, 4.69) is 26.6 Å². The maximum Gasteiger partial charge on any atom is 0.326 e. The molecule has 1 aromatic heterocycles. The molecule has 1 unspecified atom stereocenters. The summed E-state index contributed by atoms with van der Waals surface area (Å²) in [5.41, 5.74) is -0.0584. The fourth-order valence-electron chi connectivity index (χ4n) is 7.39. The van der Waals surface area contributed by atoms with E-state index in [1.54, 1.807) is 33.9 Å². The smallest absolute Gasteiger partial charge is 0.326 e. The number of imide groups is 1. The van der Waals surface area contributed by atoms with E-state index < -0.39 is 101 Å². The van der Waals surface area contributed by atoms with Crippen molar-refractivity contribution in [1.29, 1.82) is 0 Å². The van der Waals surface area contributed by atoms with Crippen LogP contribution in [0.2, 0.25) is 0 Å². The maximum absolute atomic E-state index is 14.3. The number of hydrogen-bond donors (Lipinski definition) is 7. The molecule has 4 atom stereocenters. The van der Waals surface area contributed by atoms with Crippen LogP contribution in [0.15, 0.2) is 48.2 Å². The largest absolute Gasteiger partial charge is 0.480 e. The van der Waals surface area contributed by atoms with E-state index in [0.717, 1.165) is 28.1 Å². The summed E-state index contributed by atoms with van der Waals surface area (Å²) >= 11 is 0. The Bertz CT molecular complexity index is 2190. The van der Waals surface area contributed by atoms with Crippen LogP contribution < -0.4 is 26.6 Å². The quantitative estimate of drug-likeness (QED) is 0.0451. The van der Waals surface area contributed by atoms with Gasteiger partial charge in [-0.05, 0) is 68.8 Å². The molecular formula is C45H63FN8O11. The summed E-state index contributed by atoms with van der Waals surface area (Å²) in [4.78, 5) is 115. The molecule has 356 valence electrons. The predicted octanol–water partition coefficient (Wildman–Crippen LogP) is 1.64. The number of aryl methyl sites for hydroxylation is 1. The topological polar surface area (TPSA) is 266 Å². The van der Waals surface area contributed by atoms with Gasteiger partial charge in [0.25, 0.3) is 11.8 Å². The minimum absolute atomic E-state index is 0.00605. The Hall–Kier alpha value is -6.44. The van der Waals surface area contributed by atoms with E-state index in [4.69, 9.17) is 0 Å². The molecule has 3 rings (SSSR count). The standard InChI is InChI=1S/C45H63FN8O11/c1-26(19-22-52(8)41(61)38(44(2,3)4)51-40(60)37(47-7)45(5,6)29-25-53(9)32-15-13-27(46)24-28(29)32)39(59)50-31(43(64)65)14-16-34(56)49-30(42(62)63)12-10-11-21-48-33(55)20-23-54-35(57)17-18-36(54)58/h13,15,17-19,24-25,30-31,37-38,47H,10-12,14,16,20-23H2,1-9H3,(H,48,55)(H,49,56)(H,50,59)(H,51,60)(H,62,63)(H,64,65)/b26-19+/t30-,31+,37+,38?/m0/s1. The van der Waals surface area contributed by atoms with Gasteiger partial charge in [0, 0.05) is 86.8 Å².